The molecule has 0 aromatic heterocycles. The second-order valence-electron chi connectivity index (χ2n) is 3.79. The van der Waals surface area contributed by atoms with Gasteiger partial charge in [-0.1, -0.05) is 13.8 Å². The van der Waals surface area contributed by atoms with Crippen LogP contribution in [0.25, 0.3) is 0 Å². The van der Waals surface area contributed by atoms with Crippen LogP contribution in [-0.2, 0) is 4.79 Å². The van der Waals surface area contributed by atoms with Gasteiger partial charge in [-0.05, 0) is 18.8 Å². The molecule has 0 aromatic rings. The Labute approximate surface area is 78.7 Å². The Bertz CT molecular complexity index is 166. The Kier molecular flexibility index (Phi) is 3.39. The molecule has 1 aliphatic rings. The molecule has 2 nitrogen and oxygen atoms in total. The third-order valence-electron chi connectivity index (χ3n) is 2.25. The van der Waals surface area contributed by atoms with Crippen molar-refractivity contribution in [2.45, 2.75) is 32.7 Å². The van der Waals surface area contributed by atoms with E-state index in [1.54, 1.807) is 0 Å². The molecule has 0 heterocycles. The minimum Gasteiger partial charge on any atom is -0.352 e. The van der Waals surface area contributed by atoms with Gasteiger partial charge in [0.25, 0.3) is 0 Å². The summed E-state index contributed by atoms with van der Waals surface area (Å²) in [5.74, 6) is 1.41. The lowest BCUT2D eigenvalue weighted by Crippen LogP contribution is -2.40. The molecule has 0 bridgehead atoms. The van der Waals surface area contributed by atoms with E-state index in [1.807, 2.05) is 0 Å². The van der Waals surface area contributed by atoms with Crippen molar-refractivity contribution >= 4 is 17.5 Å². The van der Waals surface area contributed by atoms with Crippen molar-refractivity contribution in [3.05, 3.63) is 0 Å². The first kappa shape index (κ1) is 9.85. The number of carbonyl (C=O) groups excluding carboxylic acids is 1. The van der Waals surface area contributed by atoms with Gasteiger partial charge >= 0.3 is 0 Å². The first-order chi connectivity index (χ1) is 5.65. The monoisotopic (exact) mass is 189 g/mol. The average molecular weight is 190 g/mol. The minimum atomic E-state index is 0.139. The number of rotatable bonds is 4. The molecule has 0 radical (unpaired) electrons. The van der Waals surface area contributed by atoms with Crippen molar-refractivity contribution < 1.29 is 4.79 Å². The van der Waals surface area contributed by atoms with E-state index in [1.165, 1.54) is 0 Å². The van der Waals surface area contributed by atoms with Crippen molar-refractivity contribution in [3.63, 3.8) is 0 Å². The normalized spacial score (nSPS) is 19.3. The predicted molar refractivity (Wildman–Crippen MR) is 50.2 cm³/mol. The zero-order valence-electron chi connectivity index (χ0n) is 7.64. The van der Waals surface area contributed by atoms with Gasteiger partial charge in [0.05, 0.1) is 0 Å². The molecular weight excluding hydrogens is 174 g/mol. The lowest BCUT2D eigenvalue weighted by molar-refractivity contribution is -0.123. The summed E-state index contributed by atoms with van der Waals surface area (Å²) in [4.78, 5) is 11.3. The van der Waals surface area contributed by atoms with Crippen LogP contribution in [0.3, 0.4) is 0 Å². The second kappa shape index (κ2) is 4.13. The molecule has 0 aromatic carbocycles. The maximum absolute atomic E-state index is 11.3. The largest absolute Gasteiger partial charge is 0.352 e. The van der Waals surface area contributed by atoms with Gasteiger partial charge in [0.2, 0.25) is 5.91 Å². The van der Waals surface area contributed by atoms with E-state index in [9.17, 15) is 4.79 Å². The molecule has 1 unspecified atom stereocenters. The third kappa shape index (κ3) is 2.67. The molecule has 12 heavy (non-hydrogen) atoms. The van der Waals surface area contributed by atoms with Crippen molar-refractivity contribution in [3.8, 4) is 0 Å². The number of alkyl halides is 1. The highest BCUT2D eigenvalue weighted by molar-refractivity contribution is 6.18. The molecule has 0 spiro atoms. The Morgan fingerprint density at radius 3 is 2.50 bits per heavy atom. The van der Waals surface area contributed by atoms with Crippen LogP contribution in [0.5, 0.6) is 0 Å². The Morgan fingerprint density at radius 1 is 1.58 bits per heavy atom. The molecule has 1 saturated carbocycles. The van der Waals surface area contributed by atoms with Crippen LogP contribution < -0.4 is 5.32 Å². The van der Waals surface area contributed by atoms with Crippen molar-refractivity contribution in [1.29, 1.82) is 0 Å². The van der Waals surface area contributed by atoms with Crippen LogP contribution in [0.4, 0.5) is 0 Å². The number of hydrogen-bond donors (Lipinski definition) is 1. The molecular formula is C9H16ClNO. The van der Waals surface area contributed by atoms with Gasteiger partial charge in [-0.2, -0.15) is 0 Å². The lowest BCUT2D eigenvalue weighted by atomic mass is 10.1. The smallest absolute Gasteiger partial charge is 0.223 e. The molecule has 0 saturated heterocycles. The van der Waals surface area contributed by atoms with Gasteiger partial charge in [-0.3, -0.25) is 4.79 Å². The average Bonchev–Trinajstić information content (AvgIpc) is 2.80. The van der Waals surface area contributed by atoms with E-state index in [-0.39, 0.29) is 17.9 Å². The first-order valence-electron chi connectivity index (χ1n) is 4.51. The van der Waals surface area contributed by atoms with E-state index in [4.69, 9.17) is 11.6 Å². The van der Waals surface area contributed by atoms with Gasteiger partial charge < -0.3 is 5.32 Å². The van der Waals surface area contributed by atoms with Gasteiger partial charge in [-0.25, -0.2) is 0 Å². The quantitative estimate of drug-likeness (QED) is 0.672. The number of halogens is 1. The Balaban J connectivity index is 2.30. The fourth-order valence-corrected chi connectivity index (χ4v) is 1.46. The van der Waals surface area contributed by atoms with Crippen LogP contribution in [0.1, 0.15) is 26.7 Å². The fraction of sp³-hybridized carbons (Fsp3) is 0.889. The summed E-state index contributed by atoms with van der Waals surface area (Å²) in [5, 5.41) is 2.96. The molecule has 1 rings (SSSR count). The van der Waals surface area contributed by atoms with Crippen molar-refractivity contribution in [2.75, 3.05) is 5.88 Å². The summed E-state index contributed by atoms with van der Waals surface area (Å²) in [6.07, 6.45) is 2.11. The highest BCUT2D eigenvalue weighted by atomic mass is 35.5. The summed E-state index contributed by atoms with van der Waals surface area (Å²) in [7, 11) is 0. The highest BCUT2D eigenvalue weighted by Gasteiger charge is 2.31. The zero-order chi connectivity index (χ0) is 9.14. The zero-order valence-corrected chi connectivity index (χ0v) is 8.40. The van der Waals surface area contributed by atoms with E-state index >= 15 is 0 Å². The standard InChI is InChI=1S/C9H16ClNO/c1-6(2)8(5-10)11-9(12)7-3-4-7/h6-8H,3-5H2,1-2H3,(H,11,12). The molecule has 1 atom stereocenters. The van der Waals surface area contributed by atoms with Crippen LogP contribution >= 0.6 is 11.6 Å². The first-order valence-corrected chi connectivity index (χ1v) is 5.05. The number of nitrogens with one attached hydrogen (secondary N) is 1. The minimum absolute atomic E-state index is 0.139. The molecule has 1 aliphatic carbocycles. The van der Waals surface area contributed by atoms with E-state index < -0.39 is 0 Å². The molecule has 1 fully saturated rings. The summed E-state index contributed by atoms with van der Waals surface area (Å²) >= 11 is 5.72. The van der Waals surface area contributed by atoms with Crippen LogP contribution in [-0.4, -0.2) is 17.8 Å². The van der Waals surface area contributed by atoms with Gasteiger partial charge in [-0.15, -0.1) is 11.6 Å². The number of amides is 1. The summed E-state index contributed by atoms with van der Waals surface area (Å²) < 4.78 is 0. The van der Waals surface area contributed by atoms with Crippen LogP contribution in [0.15, 0.2) is 0 Å². The molecule has 1 amide bonds. The summed E-state index contributed by atoms with van der Waals surface area (Å²) in [6.45, 7) is 4.14. The number of hydrogen-bond acceptors (Lipinski definition) is 1. The van der Waals surface area contributed by atoms with Gasteiger partial charge in [0.1, 0.15) is 0 Å². The van der Waals surface area contributed by atoms with Crippen molar-refractivity contribution in [2.24, 2.45) is 11.8 Å². The Morgan fingerprint density at radius 2 is 2.17 bits per heavy atom. The summed E-state index contributed by atoms with van der Waals surface area (Å²) in [5.41, 5.74) is 0. The second-order valence-corrected chi connectivity index (χ2v) is 4.10. The van der Waals surface area contributed by atoms with E-state index in [2.05, 4.69) is 19.2 Å². The topological polar surface area (TPSA) is 29.1 Å². The fourth-order valence-electron chi connectivity index (χ4n) is 1.03. The predicted octanol–water partition coefficient (Wildman–Crippen LogP) is 1.78. The molecule has 3 heteroatoms. The number of carbonyl (C=O) groups is 1. The summed E-state index contributed by atoms with van der Waals surface area (Å²) in [6, 6.07) is 0.139. The lowest BCUT2D eigenvalue weighted by Gasteiger charge is -2.19. The SMILES string of the molecule is CC(C)C(CCl)NC(=O)C1CC1. The van der Waals surface area contributed by atoms with E-state index in [0.717, 1.165) is 12.8 Å². The third-order valence-corrected chi connectivity index (χ3v) is 2.58. The molecule has 70 valence electrons. The maximum atomic E-state index is 11.3. The highest BCUT2D eigenvalue weighted by Crippen LogP contribution is 2.29. The molecule has 0 aliphatic heterocycles. The molecule has 1 N–H and O–H groups in total. The van der Waals surface area contributed by atoms with E-state index in [0.29, 0.717) is 11.8 Å². The van der Waals surface area contributed by atoms with Crippen molar-refractivity contribution in [1.82, 2.24) is 5.32 Å². The van der Waals surface area contributed by atoms with Gasteiger partial charge in [0, 0.05) is 17.8 Å². The van der Waals surface area contributed by atoms with Crippen LogP contribution in [0, 0.1) is 11.8 Å². The maximum Gasteiger partial charge on any atom is 0.223 e. The van der Waals surface area contributed by atoms with Crippen LogP contribution in [0.2, 0.25) is 0 Å². The van der Waals surface area contributed by atoms with Gasteiger partial charge in [0.15, 0.2) is 0 Å². The Hall–Kier alpha value is -0.240.